The Morgan fingerprint density at radius 2 is 1.71 bits per heavy atom. The van der Waals surface area contributed by atoms with Crippen molar-refractivity contribution >= 4 is 28.8 Å². The number of nitrogens with zero attached hydrogens (tertiary/aromatic N) is 2. The summed E-state index contributed by atoms with van der Waals surface area (Å²) in [6.07, 6.45) is 0. The van der Waals surface area contributed by atoms with E-state index in [4.69, 9.17) is 9.15 Å². The maximum absolute atomic E-state index is 13.3. The third-order valence-corrected chi connectivity index (χ3v) is 6.00. The molecule has 1 aromatic heterocycles. The Morgan fingerprint density at radius 1 is 1.03 bits per heavy atom. The molecule has 1 atom stereocenters. The third kappa shape index (κ3) is 3.83. The largest absolute Gasteiger partial charge is 0.507 e. The lowest BCUT2D eigenvalue weighted by Gasteiger charge is -2.24. The number of benzene rings is 2. The fraction of sp³-hybridized carbons (Fsp3) is 0.259. The van der Waals surface area contributed by atoms with Gasteiger partial charge in [0.05, 0.1) is 18.2 Å². The quantitative estimate of drug-likeness (QED) is 0.331. The summed E-state index contributed by atoms with van der Waals surface area (Å²) in [7, 11) is 5.35. The third-order valence-electron chi connectivity index (χ3n) is 6.00. The summed E-state index contributed by atoms with van der Waals surface area (Å²) in [5.74, 6) is -0.353. The summed E-state index contributed by atoms with van der Waals surface area (Å²) in [5, 5.41) is 11.4. The van der Waals surface area contributed by atoms with Crippen LogP contribution in [0.3, 0.4) is 0 Å². The van der Waals surface area contributed by atoms with E-state index in [1.807, 2.05) is 51.0 Å². The molecule has 1 N–H and O–H groups in total. The van der Waals surface area contributed by atoms with E-state index >= 15 is 0 Å². The molecule has 0 aliphatic carbocycles. The van der Waals surface area contributed by atoms with Crippen LogP contribution in [0.4, 0.5) is 11.4 Å². The van der Waals surface area contributed by atoms with Crippen molar-refractivity contribution in [3.63, 3.8) is 0 Å². The SMILES string of the molecule is COc1c(C)cc(C)cc1/C(O)=C1\C(=O)C(=O)N(c2ccc(N(C)C)cc2)C1c1ccc(C)o1. The standard InChI is InChI=1S/C27H28N2O5/c1-15-13-16(2)26(33-6)20(14-15)24(30)22-23(21-12-7-17(3)34-21)29(27(32)25(22)31)19-10-8-18(9-11-19)28(4)5/h7-14,23,30H,1-6H3/b24-22+. The summed E-state index contributed by atoms with van der Waals surface area (Å²) in [6, 6.07) is 13.5. The fourth-order valence-electron chi connectivity index (χ4n) is 4.43. The molecule has 1 saturated heterocycles. The van der Waals surface area contributed by atoms with E-state index in [-0.39, 0.29) is 11.3 Å². The van der Waals surface area contributed by atoms with Gasteiger partial charge in [0.1, 0.15) is 29.1 Å². The molecule has 1 aliphatic heterocycles. The number of Topliss-reactive ketones (excluding diaryl/α,β-unsaturated/α-hetero) is 1. The van der Waals surface area contributed by atoms with Gasteiger partial charge in [0.2, 0.25) is 0 Å². The Balaban J connectivity index is 1.95. The van der Waals surface area contributed by atoms with E-state index in [0.29, 0.717) is 28.5 Å². The van der Waals surface area contributed by atoms with Crippen molar-refractivity contribution in [1.29, 1.82) is 0 Å². The van der Waals surface area contributed by atoms with E-state index in [9.17, 15) is 14.7 Å². The second-order valence-electron chi connectivity index (χ2n) is 8.69. The molecule has 0 bridgehead atoms. The molecule has 3 aromatic rings. The Labute approximate surface area is 198 Å². The van der Waals surface area contributed by atoms with Gasteiger partial charge in [-0.15, -0.1) is 0 Å². The van der Waals surface area contributed by atoms with Crippen molar-refractivity contribution in [1.82, 2.24) is 0 Å². The molecule has 1 aliphatic rings. The first-order chi connectivity index (χ1) is 16.1. The zero-order chi connectivity index (χ0) is 24.7. The topological polar surface area (TPSA) is 83.2 Å². The van der Waals surface area contributed by atoms with Crippen molar-refractivity contribution in [2.75, 3.05) is 31.0 Å². The maximum Gasteiger partial charge on any atom is 0.300 e. The number of hydrogen-bond acceptors (Lipinski definition) is 6. The van der Waals surface area contributed by atoms with Crippen molar-refractivity contribution in [2.45, 2.75) is 26.8 Å². The molecule has 7 nitrogen and oxygen atoms in total. The molecule has 0 saturated carbocycles. The van der Waals surface area contributed by atoms with Crippen LogP contribution in [-0.4, -0.2) is 38.0 Å². The van der Waals surface area contributed by atoms with Gasteiger partial charge in [-0.1, -0.05) is 6.07 Å². The first kappa shape index (κ1) is 23.2. The zero-order valence-corrected chi connectivity index (χ0v) is 20.2. The number of amides is 1. The Kier molecular flexibility index (Phi) is 5.96. The Bertz CT molecular complexity index is 1300. The predicted octanol–water partition coefficient (Wildman–Crippen LogP) is 4.91. The molecule has 7 heteroatoms. The minimum absolute atomic E-state index is 0.0423. The number of furan rings is 1. The number of ketones is 1. The van der Waals surface area contributed by atoms with E-state index < -0.39 is 17.7 Å². The van der Waals surface area contributed by atoms with Crippen molar-refractivity contribution in [2.24, 2.45) is 0 Å². The minimum atomic E-state index is -0.926. The number of anilines is 2. The van der Waals surface area contributed by atoms with Crippen LogP contribution in [0.2, 0.25) is 0 Å². The Hall–Kier alpha value is -4.00. The van der Waals surface area contributed by atoms with E-state index in [2.05, 4.69) is 0 Å². The van der Waals surface area contributed by atoms with Gasteiger partial charge in [0.15, 0.2) is 0 Å². The molecule has 1 unspecified atom stereocenters. The molecule has 2 heterocycles. The normalized spacial score (nSPS) is 17.4. The van der Waals surface area contributed by atoms with Crippen LogP contribution < -0.4 is 14.5 Å². The number of ether oxygens (including phenoxy) is 1. The number of carbonyl (C=O) groups excluding carboxylic acids is 2. The van der Waals surface area contributed by atoms with Crippen molar-refractivity contribution in [3.05, 3.63) is 82.3 Å². The summed E-state index contributed by atoms with van der Waals surface area (Å²) in [5.41, 5.74) is 3.49. The monoisotopic (exact) mass is 460 g/mol. The number of carbonyl (C=O) groups is 2. The predicted molar refractivity (Wildman–Crippen MR) is 131 cm³/mol. The summed E-state index contributed by atoms with van der Waals surface area (Å²) < 4.78 is 11.4. The fourth-order valence-corrected chi connectivity index (χ4v) is 4.43. The van der Waals surface area contributed by atoms with Crippen LogP contribution in [-0.2, 0) is 9.59 Å². The molecule has 1 amide bonds. The molecule has 34 heavy (non-hydrogen) atoms. The first-order valence-electron chi connectivity index (χ1n) is 10.9. The van der Waals surface area contributed by atoms with Gasteiger partial charge in [-0.25, -0.2) is 0 Å². The molecule has 0 radical (unpaired) electrons. The summed E-state index contributed by atoms with van der Waals surface area (Å²) in [6.45, 7) is 5.54. The molecule has 1 fully saturated rings. The van der Waals surface area contributed by atoms with Gasteiger partial charge in [0.25, 0.3) is 11.7 Å². The minimum Gasteiger partial charge on any atom is -0.507 e. The highest BCUT2D eigenvalue weighted by Crippen LogP contribution is 2.44. The van der Waals surface area contributed by atoms with Crippen LogP contribution in [0.15, 0.2) is 58.5 Å². The smallest absolute Gasteiger partial charge is 0.300 e. The first-order valence-corrected chi connectivity index (χ1v) is 10.9. The van der Waals surface area contributed by atoms with Crippen LogP contribution in [0, 0.1) is 20.8 Å². The van der Waals surface area contributed by atoms with Crippen LogP contribution in [0.1, 0.15) is 34.3 Å². The van der Waals surface area contributed by atoms with Gasteiger partial charge in [-0.2, -0.15) is 0 Å². The highest BCUT2D eigenvalue weighted by Gasteiger charge is 2.48. The number of methoxy groups -OCH3 is 1. The average Bonchev–Trinajstić information content (AvgIpc) is 3.33. The van der Waals surface area contributed by atoms with Crippen LogP contribution >= 0.6 is 0 Å². The van der Waals surface area contributed by atoms with E-state index in [0.717, 1.165) is 16.8 Å². The number of hydrogen-bond donors (Lipinski definition) is 1. The number of rotatable bonds is 5. The molecule has 176 valence electrons. The second kappa shape index (κ2) is 8.74. The lowest BCUT2D eigenvalue weighted by molar-refractivity contribution is -0.132. The van der Waals surface area contributed by atoms with Gasteiger partial charge < -0.3 is 19.2 Å². The number of aryl methyl sites for hydroxylation is 3. The second-order valence-corrected chi connectivity index (χ2v) is 8.69. The van der Waals surface area contributed by atoms with Crippen molar-refractivity contribution < 1.29 is 23.8 Å². The highest BCUT2D eigenvalue weighted by atomic mass is 16.5. The number of aliphatic hydroxyl groups excluding tert-OH is 1. The molecular formula is C27H28N2O5. The highest BCUT2D eigenvalue weighted by molar-refractivity contribution is 6.51. The molecular weight excluding hydrogens is 432 g/mol. The zero-order valence-electron chi connectivity index (χ0n) is 20.2. The van der Waals surface area contributed by atoms with Crippen LogP contribution in [0.25, 0.3) is 5.76 Å². The lowest BCUT2D eigenvalue weighted by atomic mass is 9.96. The lowest BCUT2D eigenvalue weighted by Crippen LogP contribution is -2.29. The maximum atomic E-state index is 13.3. The van der Waals surface area contributed by atoms with E-state index in [1.165, 1.54) is 12.0 Å². The van der Waals surface area contributed by atoms with Gasteiger partial charge in [-0.05, 0) is 74.4 Å². The van der Waals surface area contributed by atoms with Gasteiger partial charge >= 0.3 is 0 Å². The Morgan fingerprint density at radius 3 is 2.26 bits per heavy atom. The molecule has 4 rings (SSSR count). The van der Waals surface area contributed by atoms with E-state index in [1.54, 1.807) is 37.3 Å². The van der Waals surface area contributed by atoms with Gasteiger partial charge in [-0.3, -0.25) is 14.5 Å². The van der Waals surface area contributed by atoms with Crippen molar-refractivity contribution in [3.8, 4) is 5.75 Å². The number of aliphatic hydroxyl groups is 1. The van der Waals surface area contributed by atoms with Crippen LogP contribution in [0.5, 0.6) is 5.75 Å². The molecule has 2 aromatic carbocycles. The summed E-state index contributed by atoms with van der Waals surface area (Å²) in [4.78, 5) is 30.0. The summed E-state index contributed by atoms with van der Waals surface area (Å²) >= 11 is 0. The average molecular weight is 461 g/mol. The molecule has 0 spiro atoms. The van der Waals surface area contributed by atoms with Gasteiger partial charge in [0, 0.05) is 25.5 Å².